The molecule has 216 valence electrons. The van der Waals surface area contributed by atoms with Crippen LogP contribution < -0.4 is 14.8 Å². The average Bonchev–Trinajstić information content (AvgIpc) is 3.38. The lowest BCUT2D eigenvalue weighted by atomic mass is 9.87. The number of hydrogen-bond acceptors (Lipinski definition) is 4. The van der Waals surface area contributed by atoms with Gasteiger partial charge in [-0.3, -0.25) is 4.79 Å². The molecule has 5 rings (SSSR count). The second-order valence-electron chi connectivity index (χ2n) is 10.1. The number of carbonyl (C=O) groups is 1. The molecule has 0 fully saturated rings. The summed E-state index contributed by atoms with van der Waals surface area (Å²) in [4.78, 5) is 13.2. The Kier molecular flexibility index (Phi) is 9.51. The van der Waals surface area contributed by atoms with E-state index in [1.54, 1.807) is 26.4 Å². The van der Waals surface area contributed by atoms with Crippen LogP contribution >= 0.6 is 0 Å². The van der Waals surface area contributed by atoms with E-state index in [9.17, 15) is 9.18 Å². The van der Waals surface area contributed by atoms with E-state index < -0.39 is 0 Å². The fourth-order valence-electron chi connectivity index (χ4n) is 5.18. The number of halogens is 1. The Morgan fingerprint density at radius 1 is 0.881 bits per heavy atom. The first kappa shape index (κ1) is 28.9. The van der Waals surface area contributed by atoms with Crippen molar-refractivity contribution in [3.05, 3.63) is 131 Å². The molecule has 5 aromatic rings. The number of benzene rings is 4. The SMILES string of the molecule is COCCNC(=O)C[C@@H](c1ccc(OCc2ccccc2)c(OC)c1)c1cn(Cc2ccc(F)cc2)c2ccccc12. The Morgan fingerprint density at radius 3 is 2.40 bits per heavy atom. The number of amides is 1. The molecule has 0 saturated heterocycles. The normalized spacial score (nSPS) is 11.8. The van der Waals surface area contributed by atoms with Crippen LogP contribution in [0.2, 0.25) is 0 Å². The van der Waals surface area contributed by atoms with Crippen molar-refractivity contribution in [2.45, 2.75) is 25.5 Å². The molecule has 4 aromatic carbocycles. The smallest absolute Gasteiger partial charge is 0.221 e. The van der Waals surface area contributed by atoms with Crippen molar-refractivity contribution in [1.82, 2.24) is 9.88 Å². The van der Waals surface area contributed by atoms with Gasteiger partial charge in [0.1, 0.15) is 12.4 Å². The standard InChI is InChI=1S/C35H35FN2O4/c1-40-19-18-37-35(39)21-30(27-14-17-33(34(20-27)41-2)42-24-26-8-4-3-5-9-26)31-23-38(32-11-7-6-10-29(31)32)22-25-12-15-28(36)16-13-25/h3-17,20,23,30H,18-19,21-22,24H2,1-2H3,(H,37,39)/t30-/m0/s1. The molecule has 0 aliphatic rings. The van der Waals surface area contributed by atoms with E-state index in [2.05, 4.69) is 28.2 Å². The monoisotopic (exact) mass is 566 g/mol. The van der Waals surface area contributed by atoms with Gasteiger partial charge in [0.15, 0.2) is 11.5 Å². The van der Waals surface area contributed by atoms with E-state index >= 15 is 0 Å². The van der Waals surface area contributed by atoms with Gasteiger partial charge in [-0.1, -0.05) is 66.7 Å². The lowest BCUT2D eigenvalue weighted by Gasteiger charge is -2.19. The summed E-state index contributed by atoms with van der Waals surface area (Å²) in [5.74, 6) is 0.636. The van der Waals surface area contributed by atoms with Crippen molar-refractivity contribution < 1.29 is 23.4 Å². The number of aromatic nitrogens is 1. The Balaban J connectivity index is 1.51. The number of ether oxygens (including phenoxy) is 3. The van der Waals surface area contributed by atoms with E-state index in [-0.39, 0.29) is 24.1 Å². The number of hydrogen-bond donors (Lipinski definition) is 1. The van der Waals surface area contributed by atoms with E-state index in [4.69, 9.17) is 14.2 Å². The van der Waals surface area contributed by atoms with Gasteiger partial charge in [0.05, 0.1) is 13.7 Å². The zero-order valence-corrected chi connectivity index (χ0v) is 23.9. The van der Waals surface area contributed by atoms with E-state index in [1.807, 2.05) is 60.7 Å². The molecule has 6 nitrogen and oxygen atoms in total. The number of nitrogens with one attached hydrogen (secondary N) is 1. The van der Waals surface area contributed by atoms with Crippen molar-refractivity contribution in [2.24, 2.45) is 0 Å². The Bertz CT molecular complexity index is 1620. The van der Waals surface area contributed by atoms with E-state index in [0.717, 1.165) is 33.2 Å². The lowest BCUT2D eigenvalue weighted by molar-refractivity contribution is -0.121. The van der Waals surface area contributed by atoms with Gasteiger partial charge in [-0.15, -0.1) is 0 Å². The maximum Gasteiger partial charge on any atom is 0.221 e. The molecule has 0 saturated carbocycles. The summed E-state index contributed by atoms with van der Waals surface area (Å²) in [6.45, 7) is 1.86. The van der Waals surface area contributed by atoms with E-state index in [1.165, 1.54) is 12.1 Å². The second kappa shape index (κ2) is 13.8. The van der Waals surface area contributed by atoms with Gasteiger partial charge in [-0.05, 0) is 52.6 Å². The number of carbonyl (C=O) groups excluding carboxylic acids is 1. The van der Waals surface area contributed by atoms with Crippen molar-refractivity contribution in [3.8, 4) is 11.5 Å². The van der Waals surface area contributed by atoms with Gasteiger partial charge in [0.2, 0.25) is 5.91 Å². The minimum absolute atomic E-state index is 0.0733. The summed E-state index contributed by atoms with van der Waals surface area (Å²) < 4.78 is 32.7. The Morgan fingerprint density at radius 2 is 1.64 bits per heavy atom. The fourth-order valence-corrected chi connectivity index (χ4v) is 5.18. The third-order valence-electron chi connectivity index (χ3n) is 7.31. The molecule has 42 heavy (non-hydrogen) atoms. The zero-order chi connectivity index (χ0) is 29.3. The lowest BCUT2D eigenvalue weighted by Crippen LogP contribution is -2.28. The van der Waals surface area contributed by atoms with Crippen LogP contribution in [-0.4, -0.2) is 37.8 Å². The number of methoxy groups -OCH3 is 2. The largest absolute Gasteiger partial charge is 0.493 e. The highest BCUT2D eigenvalue weighted by molar-refractivity contribution is 5.87. The molecule has 1 aromatic heterocycles. The summed E-state index contributed by atoms with van der Waals surface area (Å²) in [7, 11) is 3.23. The minimum Gasteiger partial charge on any atom is -0.493 e. The van der Waals surface area contributed by atoms with Crippen LogP contribution in [0.15, 0.2) is 103 Å². The highest BCUT2D eigenvalue weighted by atomic mass is 19.1. The van der Waals surface area contributed by atoms with Crippen molar-refractivity contribution in [2.75, 3.05) is 27.4 Å². The van der Waals surface area contributed by atoms with Gasteiger partial charge in [-0.2, -0.15) is 0 Å². The number of rotatable bonds is 13. The van der Waals surface area contributed by atoms with Crippen LogP contribution in [0.1, 0.15) is 34.6 Å². The first-order chi connectivity index (χ1) is 20.6. The number of nitrogens with zero attached hydrogens (tertiary/aromatic N) is 1. The van der Waals surface area contributed by atoms with E-state index in [0.29, 0.717) is 37.8 Å². The highest BCUT2D eigenvalue weighted by Gasteiger charge is 2.24. The molecule has 0 spiro atoms. The van der Waals surface area contributed by atoms with Gasteiger partial charge in [-0.25, -0.2) is 4.39 Å². The Hall–Kier alpha value is -4.62. The summed E-state index contributed by atoms with van der Waals surface area (Å²) in [6, 6.07) is 30.5. The quantitative estimate of drug-likeness (QED) is 0.161. The maximum atomic E-state index is 13.6. The van der Waals surface area contributed by atoms with Crippen LogP contribution in [0.25, 0.3) is 10.9 Å². The number of fused-ring (bicyclic) bond motifs is 1. The molecule has 0 bridgehead atoms. The van der Waals surface area contributed by atoms with Crippen molar-refractivity contribution in [3.63, 3.8) is 0 Å². The molecule has 7 heteroatoms. The third kappa shape index (κ3) is 6.98. The Labute approximate surface area is 245 Å². The van der Waals surface area contributed by atoms with Crippen LogP contribution in [0, 0.1) is 5.82 Å². The summed E-state index contributed by atoms with van der Waals surface area (Å²) in [6.07, 6.45) is 2.34. The summed E-state index contributed by atoms with van der Waals surface area (Å²) in [5, 5.41) is 4.02. The third-order valence-corrected chi connectivity index (χ3v) is 7.31. The van der Waals surface area contributed by atoms with Crippen molar-refractivity contribution in [1.29, 1.82) is 0 Å². The molecule has 1 atom stereocenters. The molecule has 0 unspecified atom stereocenters. The van der Waals surface area contributed by atoms with Gasteiger partial charge in [0, 0.05) is 49.6 Å². The van der Waals surface area contributed by atoms with Crippen molar-refractivity contribution >= 4 is 16.8 Å². The summed E-state index contributed by atoms with van der Waals surface area (Å²) in [5.41, 5.74) is 5.04. The molecule has 1 N–H and O–H groups in total. The van der Waals surface area contributed by atoms with Gasteiger partial charge >= 0.3 is 0 Å². The van der Waals surface area contributed by atoms with Crippen LogP contribution in [0.4, 0.5) is 4.39 Å². The summed E-state index contributed by atoms with van der Waals surface area (Å²) >= 11 is 0. The highest BCUT2D eigenvalue weighted by Crippen LogP contribution is 2.39. The fraction of sp³-hybridized carbons (Fsp3) is 0.229. The molecular weight excluding hydrogens is 531 g/mol. The second-order valence-corrected chi connectivity index (χ2v) is 10.1. The zero-order valence-electron chi connectivity index (χ0n) is 23.9. The molecule has 0 aliphatic carbocycles. The molecule has 0 aliphatic heterocycles. The first-order valence-electron chi connectivity index (χ1n) is 14.0. The van der Waals surface area contributed by atoms with Crippen LogP contribution in [0.5, 0.6) is 11.5 Å². The molecular formula is C35H35FN2O4. The number of para-hydroxylation sites is 1. The predicted molar refractivity (Wildman–Crippen MR) is 163 cm³/mol. The van der Waals surface area contributed by atoms with Gasteiger partial charge in [0.25, 0.3) is 0 Å². The van der Waals surface area contributed by atoms with Gasteiger partial charge < -0.3 is 24.1 Å². The average molecular weight is 567 g/mol. The van der Waals surface area contributed by atoms with Crippen LogP contribution in [-0.2, 0) is 22.7 Å². The molecule has 1 amide bonds. The van der Waals surface area contributed by atoms with Crippen LogP contribution in [0.3, 0.4) is 0 Å². The molecule has 0 radical (unpaired) electrons. The minimum atomic E-state index is -0.263. The maximum absolute atomic E-state index is 13.6. The first-order valence-corrected chi connectivity index (χ1v) is 14.0. The topological polar surface area (TPSA) is 61.7 Å². The molecule has 1 heterocycles. The predicted octanol–water partition coefficient (Wildman–Crippen LogP) is 6.70.